The molecule has 0 spiro atoms. The van der Waals surface area contributed by atoms with E-state index in [1.807, 2.05) is 0 Å². The molecular weight excluding hydrogens is 173 g/mol. The Labute approximate surface area is 76.4 Å². The molecule has 2 N–H and O–H groups in total. The van der Waals surface area contributed by atoms with Gasteiger partial charge >= 0.3 is 0 Å². The molecule has 62 valence electrons. The summed E-state index contributed by atoms with van der Waals surface area (Å²) in [7, 11) is 5.58. The van der Waals surface area contributed by atoms with Crippen LogP contribution in [0.4, 0.5) is 0 Å². The summed E-state index contributed by atoms with van der Waals surface area (Å²) in [4.78, 5) is 11.1. The molecule has 0 saturated carbocycles. The summed E-state index contributed by atoms with van der Waals surface area (Å²) >= 11 is 0.849. The predicted molar refractivity (Wildman–Crippen MR) is 49.3 cm³/mol. The van der Waals surface area contributed by atoms with E-state index in [1.165, 1.54) is 6.26 Å². The van der Waals surface area contributed by atoms with Crippen LogP contribution in [0.1, 0.15) is 6.92 Å². The van der Waals surface area contributed by atoms with E-state index in [0.29, 0.717) is 5.57 Å². The first-order valence-electron chi connectivity index (χ1n) is 3.29. The zero-order valence-corrected chi connectivity index (χ0v) is 7.48. The molecule has 0 amide bonds. The van der Waals surface area contributed by atoms with E-state index < -0.39 is 4.77 Å². The summed E-state index contributed by atoms with van der Waals surface area (Å²) in [5.74, 6) is 0.285. The molecule has 1 heterocycles. The highest BCUT2D eigenvalue weighted by Gasteiger charge is 2.39. The number of rotatable bonds is 2. The third-order valence-corrected chi connectivity index (χ3v) is 2.48. The first kappa shape index (κ1) is 9.41. The molecular formula is C7H8BNO2S. The van der Waals surface area contributed by atoms with Crippen LogP contribution >= 0.6 is 11.8 Å². The van der Waals surface area contributed by atoms with Crippen molar-refractivity contribution in [3.05, 3.63) is 24.2 Å². The highest BCUT2D eigenvalue weighted by molar-refractivity contribution is 8.16. The van der Waals surface area contributed by atoms with Crippen molar-refractivity contribution in [1.29, 1.82) is 0 Å². The SMILES string of the molecule is [B]C1(N)SC(=O)C(C)=C1OC=C. The standard InChI is InChI=1S/C7H8BNO2S/c1-3-11-5-4(2)6(10)12-7(5,8)9/h3H,1,9H2,2H3. The lowest BCUT2D eigenvalue weighted by atomic mass is 9.93. The minimum atomic E-state index is -1.24. The molecule has 2 radical (unpaired) electrons. The van der Waals surface area contributed by atoms with E-state index in [9.17, 15) is 4.79 Å². The molecule has 0 bridgehead atoms. The second-order valence-corrected chi connectivity index (χ2v) is 3.67. The minimum absolute atomic E-state index is 0.156. The van der Waals surface area contributed by atoms with Crippen LogP contribution in [-0.4, -0.2) is 17.7 Å². The Hall–Kier alpha value is -0.675. The lowest BCUT2D eigenvalue weighted by Crippen LogP contribution is -2.37. The van der Waals surface area contributed by atoms with Gasteiger partial charge in [-0.25, -0.2) is 0 Å². The van der Waals surface area contributed by atoms with Crippen LogP contribution < -0.4 is 5.73 Å². The summed E-state index contributed by atoms with van der Waals surface area (Å²) in [6.07, 6.45) is 1.20. The second kappa shape index (κ2) is 2.99. The van der Waals surface area contributed by atoms with Crippen LogP contribution in [0.15, 0.2) is 24.2 Å². The number of carbonyl (C=O) groups is 1. The molecule has 1 aliphatic heterocycles. The Morgan fingerprint density at radius 1 is 1.83 bits per heavy atom. The summed E-state index contributed by atoms with van der Waals surface area (Å²) in [5.41, 5.74) is 6.03. The Kier molecular flexibility index (Phi) is 2.35. The molecule has 1 aliphatic rings. The second-order valence-electron chi connectivity index (χ2n) is 2.42. The molecule has 5 heteroatoms. The van der Waals surface area contributed by atoms with E-state index in [2.05, 4.69) is 6.58 Å². The van der Waals surface area contributed by atoms with Gasteiger partial charge in [-0.3, -0.25) is 4.79 Å². The van der Waals surface area contributed by atoms with E-state index in [-0.39, 0.29) is 10.9 Å². The van der Waals surface area contributed by atoms with Crippen LogP contribution in [0.2, 0.25) is 0 Å². The maximum absolute atomic E-state index is 11.1. The van der Waals surface area contributed by atoms with Gasteiger partial charge in [0.1, 0.15) is 13.6 Å². The van der Waals surface area contributed by atoms with Crippen molar-refractivity contribution in [2.45, 2.75) is 11.7 Å². The molecule has 12 heavy (non-hydrogen) atoms. The largest absolute Gasteiger partial charge is 0.468 e. The maximum Gasteiger partial charge on any atom is 0.219 e. The summed E-state index contributed by atoms with van der Waals surface area (Å²) in [6, 6.07) is 0. The fourth-order valence-corrected chi connectivity index (χ4v) is 1.77. The van der Waals surface area contributed by atoms with Crippen LogP contribution in [0.5, 0.6) is 0 Å². The Morgan fingerprint density at radius 3 is 2.75 bits per heavy atom. The number of hydrogen-bond acceptors (Lipinski definition) is 4. The topological polar surface area (TPSA) is 52.3 Å². The smallest absolute Gasteiger partial charge is 0.219 e. The number of ether oxygens (including phenoxy) is 1. The molecule has 0 fully saturated rings. The van der Waals surface area contributed by atoms with Crippen LogP contribution in [0.3, 0.4) is 0 Å². The lowest BCUT2D eigenvalue weighted by Gasteiger charge is -2.19. The minimum Gasteiger partial charge on any atom is -0.468 e. The van der Waals surface area contributed by atoms with Gasteiger partial charge in [0.15, 0.2) is 0 Å². The first-order chi connectivity index (χ1) is 5.49. The van der Waals surface area contributed by atoms with Crippen LogP contribution in [-0.2, 0) is 9.53 Å². The maximum atomic E-state index is 11.1. The quantitative estimate of drug-likeness (QED) is 0.497. The lowest BCUT2D eigenvalue weighted by molar-refractivity contribution is -0.107. The van der Waals surface area contributed by atoms with Gasteiger partial charge in [0.25, 0.3) is 0 Å². The van der Waals surface area contributed by atoms with Gasteiger partial charge in [-0.05, 0) is 6.92 Å². The van der Waals surface area contributed by atoms with E-state index in [0.717, 1.165) is 11.8 Å². The third-order valence-electron chi connectivity index (χ3n) is 1.46. The molecule has 0 aromatic heterocycles. The van der Waals surface area contributed by atoms with Gasteiger partial charge in [0.2, 0.25) is 5.12 Å². The Bertz CT molecular complexity index is 273. The first-order valence-corrected chi connectivity index (χ1v) is 4.10. The van der Waals surface area contributed by atoms with Crippen molar-refractivity contribution in [3.63, 3.8) is 0 Å². The molecule has 0 saturated heterocycles. The number of carbonyl (C=O) groups excluding carboxylic acids is 1. The van der Waals surface area contributed by atoms with Crippen molar-refractivity contribution in [2.24, 2.45) is 5.73 Å². The highest BCUT2D eigenvalue weighted by Crippen LogP contribution is 2.38. The number of hydrogen-bond donors (Lipinski definition) is 1. The number of thioether (sulfide) groups is 1. The van der Waals surface area contributed by atoms with Crippen LogP contribution in [0, 0.1) is 0 Å². The van der Waals surface area contributed by atoms with Crippen molar-refractivity contribution < 1.29 is 9.53 Å². The van der Waals surface area contributed by atoms with Gasteiger partial charge in [0, 0.05) is 5.57 Å². The average Bonchev–Trinajstić information content (AvgIpc) is 2.13. The normalized spacial score (nSPS) is 29.3. The van der Waals surface area contributed by atoms with E-state index in [4.69, 9.17) is 18.3 Å². The average molecular weight is 181 g/mol. The zero-order valence-electron chi connectivity index (χ0n) is 6.66. The fourth-order valence-electron chi connectivity index (χ4n) is 0.926. The summed E-state index contributed by atoms with van der Waals surface area (Å²) < 4.78 is 3.71. The highest BCUT2D eigenvalue weighted by atomic mass is 32.2. The predicted octanol–water partition coefficient (Wildman–Crippen LogP) is 0.475. The van der Waals surface area contributed by atoms with Gasteiger partial charge < -0.3 is 10.5 Å². The van der Waals surface area contributed by atoms with Gasteiger partial charge in [-0.1, -0.05) is 18.3 Å². The van der Waals surface area contributed by atoms with Gasteiger partial charge in [-0.2, -0.15) is 0 Å². The van der Waals surface area contributed by atoms with Crippen molar-refractivity contribution >= 4 is 24.7 Å². The fraction of sp³-hybridized carbons (Fsp3) is 0.286. The van der Waals surface area contributed by atoms with Crippen molar-refractivity contribution in [1.82, 2.24) is 0 Å². The Morgan fingerprint density at radius 2 is 2.42 bits per heavy atom. The van der Waals surface area contributed by atoms with E-state index >= 15 is 0 Å². The van der Waals surface area contributed by atoms with E-state index in [1.54, 1.807) is 6.92 Å². The zero-order chi connectivity index (χ0) is 9.35. The Balaban J connectivity index is 3.03. The van der Waals surface area contributed by atoms with Crippen molar-refractivity contribution in [3.8, 4) is 0 Å². The molecule has 0 aliphatic carbocycles. The monoisotopic (exact) mass is 181 g/mol. The molecule has 3 nitrogen and oxygen atoms in total. The van der Waals surface area contributed by atoms with Gasteiger partial charge in [-0.15, -0.1) is 0 Å². The molecule has 0 aromatic carbocycles. The number of nitrogens with two attached hydrogens (primary N) is 1. The van der Waals surface area contributed by atoms with Crippen molar-refractivity contribution in [2.75, 3.05) is 0 Å². The third kappa shape index (κ3) is 1.42. The van der Waals surface area contributed by atoms with Gasteiger partial charge in [0.05, 0.1) is 11.0 Å². The molecule has 1 unspecified atom stereocenters. The van der Waals surface area contributed by atoms with Crippen LogP contribution in [0.25, 0.3) is 0 Å². The molecule has 1 atom stereocenters. The molecule has 0 aromatic rings. The summed E-state index contributed by atoms with van der Waals surface area (Å²) in [5, 5.41) is -0.156. The summed E-state index contributed by atoms with van der Waals surface area (Å²) in [6.45, 7) is 4.98. The molecule has 1 rings (SSSR count).